The largest absolute Gasteiger partial charge is 0.269 e. The fraction of sp³-hybridized carbons (Fsp3) is 0.176. The second-order valence-corrected chi connectivity index (χ2v) is 14.7. The Morgan fingerprint density at radius 2 is 1.11 bits per heavy atom. The first-order valence-corrected chi connectivity index (χ1v) is 16.8. The zero-order chi connectivity index (χ0) is 31.6. The first kappa shape index (κ1) is 31.3. The van der Waals surface area contributed by atoms with Gasteiger partial charge in [0.15, 0.2) is 0 Å². The normalized spacial score (nSPS) is 16.2. The molecule has 4 aromatic rings. The number of rotatable bonds is 10. The van der Waals surface area contributed by atoms with Crippen LogP contribution < -0.4 is 0 Å². The van der Waals surface area contributed by atoms with Crippen LogP contribution in [-0.2, 0) is 33.1 Å². The maximum Gasteiger partial charge on any atom is 0.264 e. The van der Waals surface area contributed by atoms with Crippen LogP contribution in [0.5, 0.6) is 0 Å². The number of hydrogen-bond acceptors (Lipinski definition) is 4. The summed E-state index contributed by atoms with van der Waals surface area (Å²) in [4.78, 5) is 0.131. The summed E-state index contributed by atoms with van der Waals surface area (Å²) in [5.41, 5.74) is 3.98. The summed E-state index contributed by atoms with van der Waals surface area (Å²) in [5.74, 6) is -0.902. The number of nitrogens with zero attached hydrogens (tertiary/aromatic N) is 2. The fourth-order valence-corrected chi connectivity index (χ4v) is 8.00. The maximum absolute atomic E-state index is 14.1. The first-order chi connectivity index (χ1) is 20.8. The summed E-state index contributed by atoms with van der Waals surface area (Å²) in [7, 11) is -8.21. The zero-order valence-corrected chi connectivity index (χ0v) is 26.0. The molecule has 0 saturated heterocycles. The highest BCUT2D eigenvalue weighted by atomic mass is 32.2. The van der Waals surface area contributed by atoms with Crippen molar-refractivity contribution in [2.24, 2.45) is 0 Å². The third-order valence-electron chi connectivity index (χ3n) is 7.53. The van der Waals surface area contributed by atoms with E-state index in [0.717, 1.165) is 15.4 Å². The third kappa shape index (κ3) is 6.67. The fourth-order valence-electron chi connectivity index (χ4n) is 5.02. The van der Waals surface area contributed by atoms with Crippen molar-refractivity contribution in [1.29, 1.82) is 0 Å². The van der Waals surface area contributed by atoms with Gasteiger partial charge in [-0.1, -0.05) is 71.8 Å². The Balaban J connectivity index is 1.59. The number of sulfonamides is 2. The van der Waals surface area contributed by atoms with E-state index < -0.39 is 37.7 Å². The molecule has 228 valence electrons. The van der Waals surface area contributed by atoms with E-state index in [9.17, 15) is 25.6 Å². The van der Waals surface area contributed by atoms with Gasteiger partial charge in [0.2, 0.25) is 10.0 Å². The molecule has 0 aliphatic heterocycles. The lowest BCUT2D eigenvalue weighted by Gasteiger charge is -2.42. The molecule has 0 unspecified atom stereocenters. The van der Waals surface area contributed by atoms with Crippen molar-refractivity contribution in [3.05, 3.63) is 155 Å². The Labute approximate surface area is 257 Å². The van der Waals surface area contributed by atoms with Gasteiger partial charge >= 0.3 is 0 Å². The van der Waals surface area contributed by atoms with Gasteiger partial charge in [0.1, 0.15) is 11.6 Å². The Morgan fingerprint density at radius 3 is 1.57 bits per heavy atom. The molecule has 1 fully saturated rings. The molecule has 1 aliphatic rings. The molecule has 1 atom stereocenters. The molecule has 10 heteroatoms. The lowest BCUT2D eigenvalue weighted by Crippen LogP contribution is -2.47. The molecule has 44 heavy (non-hydrogen) atoms. The van der Waals surface area contributed by atoms with Crippen LogP contribution in [0.15, 0.2) is 131 Å². The smallest absolute Gasteiger partial charge is 0.264 e. The van der Waals surface area contributed by atoms with E-state index in [1.165, 1.54) is 83.3 Å². The average molecular weight is 635 g/mol. The van der Waals surface area contributed by atoms with E-state index in [2.05, 4.69) is 6.58 Å². The van der Waals surface area contributed by atoms with Gasteiger partial charge in [0.25, 0.3) is 10.0 Å². The molecule has 0 radical (unpaired) electrons. The van der Waals surface area contributed by atoms with Gasteiger partial charge < -0.3 is 0 Å². The van der Waals surface area contributed by atoms with Crippen LogP contribution in [-0.4, -0.2) is 31.5 Å². The third-order valence-corrected chi connectivity index (χ3v) is 11.1. The predicted octanol–water partition coefficient (Wildman–Crippen LogP) is 6.88. The summed E-state index contributed by atoms with van der Waals surface area (Å²) >= 11 is 0. The molecule has 0 amide bonds. The predicted molar refractivity (Wildman–Crippen MR) is 166 cm³/mol. The summed E-state index contributed by atoms with van der Waals surface area (Å²) < 4.78 is 85.9. The highest BCUT2D eigenvalue weighted by Gasteiger charge is 2.42. The van der Waals surface area contributed by atoms with Crippen molar-refractivity contribution in [3.63, 3.8) is 0 Å². The molecule has 4 aromatic carbocycles. The molecule has 0 N–H and O–H groups in total. The molecular formula is C34H32F2N2O4S2. The van der Waals surface area contributed by atoms with Crippen LogP contribution in [0.2, 0.25) is 0 Å². The SMILES string of the molecule is C=C1C/C(=C/N(Cc2ccc(F)cc2)S(=O)(=O)c2ccc(C)cc2)[C@H]1N(Cc1ccc(F)cc1)S(=O)(=O)c1ccc(C)cc1. The van der Waals surface area contributed by atoms with Gasteiger partial charge in [0.05, 0.1) is 22.4 Å². The number of aryl methyl sites for hydroxylation is 2. The molecular weight excluding hydrogens is 603 g/mol. The molecule has 0 heterocycles. The lowest BCUT2D eigenvalue weighted by atomic mass is 9.81. The molecule has 5 rings (SSSR count). The minimum absolute atomic E-state index is 0.0622. The summed E-state index contributed by atoms with van der Waals surface area (Å²) in [6.07, 6.45) is 1.73. The second kappa shape index (κ2) is 12.5. The van der Waals surface area contributed by atoms with Crippen molar-refractivity contribution in [2.75, 3.05) is 0 Å². The van der Waals surface area contributed by atoms with Gasteiger partial charge in [-0.3, -0.25) is 4.31 Å². The van der Waals surface area contributed by atoms with Crippen LogP contribution >= 0.6 is 0 Å². The van der Waals surface area contributed by atoms with Crippen molar-refractivity contribution in [1.82, 2.24) is 8.61 Å². The Morgan fingerprint density at radius 1 is 0.682 bits per heavy atom. The van der Waals surface area contributed by atoms with Crippen LogP contribution in [0.25, 0.3) is 0 Å². The first-order valence-electron chi connectivity index (χ1n) is 13.9. The summed E-state index contributed by atoms with van der Waals surface area (Å²) in [5, 5.41) is 0. The monoisotopic (exact) mass is 634 g/mol. The summed E-state index contributed by atoms with van der Waals surface area (Å²) in [6.45, 7) is 7.60. The van der Waals surface area contributed by atoms with Crippen LogP contribution in [0.3, 0.4) is 0 Å². The molecule has 6 nitrogen and oxygen atoms in total. The van der Waals surface area contributed by atoms with Crippen LogP contribution in [0, 0.1) is 25.5 Å². The van der Waals surface area contributed by atoms with E-state index >= 15 is 0 Å². The number of benzene rings is 4. The van der Waals surface area contributed by atoms with Gasteiger partial charge in [0, 0.05) is 12.7 Å². The summed E-state index contributed by atoms with van der Waals surface area (Å²) in [6, 6.07) is 23.1. The Kier molecular flexibility index (Phi) is 8.88. The van der Waals surface area contributed by atoms with E-state index in [0.29, 0.717) is 22.3 Å². The van der Waals surface area contributed by atoms with E-state index in [4.69, 9.17) is 0 Å². The molecule has 0 bridgehead atoms. The van der Waals surface area contributed by atoms with E-state index in [-0.39, 0.29) is 29.3 Å². The van der Waals surface area contributed by atoms with Crippen molar-refractivity contribution in [2.45, 2.75) is 49.2 Å². The minimum atomic E-state index is -4.12. The second-order valence-electron chi connectivity index (χ2n) is 10.9. The number of halogens is 2. The Bertz CT molecular complexity index is 1910. The van der Waals surface area contributed by atoms with Crippen molar-refractivity contribution >= 4 is 20.0 Å². The molecule has 1 saturated carbocycles. The van der Waals surface area contributed by atoms with Gasteiger partial charge in [-0.05, 0) is 85.5 Å². The molecule has 1 aliphatic carbocycles. The minimum Gasteiger partial charge on any atom is -0.269 e. The van der Waals surface area contributed by atoms with Crippen molar-refractivity contribution in [3.8, 4) is 0 Å². The average Bonchev–Trinajstić information content (AvgIpc) is 2.98. The Hall–Kier alpha value is -4.12. The highest BCUT2D eigenvalue weighted by Crippen LogP contribution is 2.40. The van der Waals surface area contributed by atoms with Gasteiger partial charge in [-0.15, -0.1) is 0 Å². The standard InChI is InChI=1S/C34H32F2N2O4S2/c1-24-4-16-32(17-5-24)43(39,40)37(21-27-8-12-30(35)13-9-27)23-29-20-26(3)34(29)38(22-28-10-14-31(36)15-11-28)44(41,42)33-18-6-25(2)7-19-33/h4-19,23,34H,3,20-22H2,1-2H3/b29-23-/t34-/m0/s1. The van der Waals surface area contributed by atoms with Crippen molar-refractivity contribution < 1.29 is 25.6 Å². The molecule has 0 spiro atoms. The number of hydrogen-bond donors (Lipinski definition) is 0. The molecule has 0 aromatic heterocycles. The van der Waals surface area contributed by atoms with Crippen LogP contribution in [0.4, 0.5) is 8.78 Å². The van der Waals surface area contributed by atoms with E-state index in [1.807, 2.05) is 13.8 Å². The topological polar surface area (TPSA) is 74.8 Å². The lowest BCUT2D eigenvalue weighted by molar-refractivity contribution is 0.336. The maximum atomic E-state index is 14.1. The van der Waals surface area contributed by atoms with Gasteiger partial charge in [-0.25, -0.2) is 25.6 Å². The van der Waals surface area contributed by atoms with E-state index in [1.54, 1.807) is 24.3 Å². The zero-order valence-electron chi connectivity index (χ0n) is 24.3. The van der Waals surface area contributed by atoms with Gasteiger partial charge in [-0.2, -0.15) is 4.31 Å². The highest BCUT2D eigenvalue weighted by molar-refractivity contribution is 7.89. The quantitative estimate of drug-likeness (QED) is 0.178. The van der Waals surface area contributed by atoms with Crippen LogP contribution in [0.1, 0.15) is 28.7 Å².